The fourth-order valence-corrected chi connectivity index (χ4v) is 1.99. The van der Waals surface area contributed by atoms with Gasteiger partial charge >= 0.3 is 5.97 Å². The summed E-state index contributed by atoms with van der Waals surface area (Å²) in [7, 11) is 0. The van der Waals surface area contributed by atoms with E-state index in [-0.39, 0.29) is 5.76 Å². The standard InChI is InChI=1S/C20H30O5/c1-2-3-7-14-18(22)19(23)15-10-6-9-13-17(21)12-8-4-5-11-16-20(24)25/h4-6,8-9,11-13,16,18-19,21-23H,2-3,7,10,14-15H2,1H3,(H,24,25)/b5-4+,9-6+,12-8+,16-11+,17-13-. The van der Waals surface area contributed by atoms with Crippen LogP contribution in [0.25, 0.3) is 0 Å². The molecule has 4 N–H and O–H groups in total. The maximum Gasteiger partial charge on any atom is 0.328 e. The van der Waals surface area contributed by atoms with Crippen LogP contribution in [0.5, 0.6) is 0 Å². The predicted molar refractivity (Wildman–Crippen MR) is 100 cm³/mol. The van der Waals surface area contributed by atoms with E-state index in [1.54, 1.807) is 24.3 Å². The zero-order valence-corrected chi connectivity index (χ0v) is 14.8. The minimum Gasteiger partial charge on any atom is -0.508 e. The summed E-state index contributed by atoms with van der Waals surface area (Å²) in [5, 5.41) is 37.6. The third-order valence-corrected chi connectivity index (χ3v) is 3.42. The summed E-state index contributed by atoms with van der Waals surface area (Å²) in [5.74, 6) is -0.955. The molecule has 0 rings (SSSR count). The summed E-state index contributed by atoms with van der Waals surface area (Å²) in [6, 6.07) is 0. The number of hydrogen-bond donors (Lipinski definition) is 4. The van der Waals surface area contributed by atoms with Gasteiger partial charge in [0.25, 0.3) is 0 Å². The second-order valence-corrected chi connectivity index (χ2v) is 5.67. The zero-order valence-electron chi connectivity index (χ0n) is 14.8. The number of carbonyl (C=O) groups is 1. The van der Waals surface area contributed by atoms with E-state index in [4.69, 9.17) is 5.11 Å². The van der Waals surface area contributed by atoms with Crippen molar-refractivity contribution in [3.05, 3.63) is 60.4 Å². The lowest BCUT2D eigenvalue weighted by molar-refractivity contribution is -0.131. The summed E-state index contributed by atoms with van der Waals surface area (Å²) < 4.78 is 0. The van der Waals surface area contributed by atoms with Gasteiger partial charge in [0.2, 0.25) is 0 Å². The molecule has 0 aliphatic carbocycles. The molecule has 0 fully saturated rings. The van der Waals surface area contributed by atoms with E-state index in [1.165, 1.54) is 18.2 Å². The molecule has 2 unspecified atom stereocenters. The van der Waals surface area contributed by atoms with Crippen molar-refractivity contribution in [1.29, 1.82) is 0 Å². The summed E-state index contributed by atoms with van der Waals surface area (Å²) in [5.41, 5.74) is 0. The molecule has 0 aromatic rings. The van der Waals surface area contributed by atoms with Crippen LogP contribution in [0.3, 0.4) is 0 Å². The van der Waals surface area contributed by atoms with Crippen molar-refractivity contribution in [2.24, 2.45) is 0 Å². The van der Waals surface area contributed by atoms with Crippen molar-refractivity contribution in [1.82, 2.24) is 0 Å². The number of unbranched alkanes of at least 4 members (excludes halogenated alkanes) is 2. The van der Waals surface area contributed by atoms with Gasteiger partial charge in [0.15, 0.2) is 0 Å². The van der Waals surface area contributed by atoms with Crippen molar-refractivity contribution in [3.8, 4) is 0 Å². The van der Waals surface area contributed by atoms with Gasteiger partial charge in [0.1, 0.15) is 5.76 Å². The van der Waals surface area contributed by atoms with Gasteiger partial charge in [0.05, 0.1) is 12.2 Å². The number of hydrogen-bond acceptors (Lipinski definition) is 4. The lowest BCUT2D eigenvalue weighted by Crippen LogP contribution is -2.25. The molecular weight excluding hydrogens is 320 g/mol. The van der Waals surface area contributed by atoms with Gasteiger partial charge in [-0.2, -0.15) is 0 Å². The molecule has 0 saturated carbocycles. The van der Waals surface area contributed by atoms with Crippen LogP contribution in [-0.2, 0) is 4.79 Å². The van der Waals surface area contributed by atoms with E-state index in [1.807, 2.05) is 6.08 Å². The van der Waals surface area contributed by atoms with Gasteiger partial charge in [0, 0.05) is 6.08 Å². The van der Waals surface area contributed by atoms with E-state index in [2.05, 4.69) is 6.92 Å². The van der Waals surface area contributed by atoms with E-state index < -0.39 is 18.2 Å². The largest absolute Gasteiger partial charge is 0.508 e. The summed E-state index contributed by atoms with van der Waals surface area (Å²) in [6.45, 7) is 2.10. The first-order valence-electron chi connectivity index (χ1n) is 8.63. The number of carboxylic acid groups (broad SMARTS) is 1. The Kier molecular flexibility index (Phi) is 14.1. The predicted octanol–water partition coefficient (Wildman–Crippen LogP) is 3.82. The number of aliphatic hydroxyl groups is 3. The molecule has 0 spiro atoms. The van der Waals surface area contributed by atoms with E-state index in [0.717, 1.165) is 25.3 Å². The Bertz CT molecular complexity index is 500. The molecule has 0 aromatic carbocycles. The van der Waals surface area contributed by atoms with Gasteiger partial charge in [-0.05, 0) is 31.4 Å². The highest BCUT2D eigenvalue weighted by molar-refractivity contribution is 5.80. The van der Waals surface area contributed by atoms with Crippen LogP contribution < -0.4 is 0 Å². The molecule has 0 aromatic heterocycles. The Morgan fingerprint density at radius 2 is 1.52 bits per heavy atom. The van der Waals surface area contributed by atoms with Gasteiger partial charge in [-0.15, -0.1) is 0 Å². The fraction of sp³-hybridized carbons (Fsp3) is 0.450. The lowest BCUT2D eigenvalue weighted by Gasteiger charge is -2.16. The third kappa shape index (κ3) is 15.2. The maximum atomic E-state index is 10.2. The highest BCUT2D eigenvalue weighted by atomic mass is 16.4. The number of aliphatic hydroxyl groups excluding tert-OH is 3. The van der Waals surface area contributed by atoms with Crippen molar-refractivity contribution in [3.63, 3.8) is 0 Å². The molecule has 0 saturated heterocycles. The quantitative estimate of drug-likeness (QED) is 0.175. The van der Waals surface area contributed by atoms with Crippen LogP contribution >= 0.6 is 0 Å². The monoisotopic (exact) mass is 350 g/mol. The Morgan fingerprint density at radius 1 is 0.880 bits per heavy atom. The lowest BCUT2D eigenvalue weighted by atomic mass is 10.0. The third-order valence-electron chi connectivity index (χ3n) is 3.42. The molecule has 5 nitrogen and oxygen atoms in total. The van der Waals surface area contributed by atoms with E-state index in [0.29, 0.717) is 19.3 Å². The Morgan fingerprint density at radius 3 is 2.16 bits per heavy atom. The molecule has 0 aliphatic heterocycles. The molecule has 5 heteroatoms. The van der Waals surface area contributed by atoms with Crippen LogP contribution in [0.2, 0.25) is 0 Å². The van der Waals surface area contributed by atoms with Gasteiger partial charge in [-0.3, -0.25) is 0 Å². The van der Waals surface area contributed by atoms with Crippen LogP contribution in [0.4, 0.5) is 0 Å². The number of carboxylic acids is 1. The summed E-state index contributed by atoms with van der Waals surface area (Å²) >= 11 is 0. The molecule has 0 amide bonds. The second-order valence-electron chi connectivity index (χ2n) is 5.67. The first-order valence-corrected chi connectivity index (χ1v) is 8.63. The van der Waals surface area contributed by atoms with Crippen LogP contribution in [-0.4, -0.2) is 38.6 Å². The van der Waals surface area contributed by atoms with Crippen molar-refractivity contribution in [2.75, 3.05) is 0 Å². The smallest absolute Gasteiger partial charge is 0.328 e. The molecule has 0 heterocycles. The van der Waals surface area contributed by atoms with E-state index in [9.17, 15) is 20.1 Å². The van der Waals surface area contributed by atoms with Crippen molar-refractivity contribution in [2.45, 2.75) is 57.7 Å². The van der Waals surface area contributed by atoms with Crippen molar-refractivity contribution < 1.29 is 25.2 Å². The number of allylic oxidation sites excluding steroid dienone is 8. The van der Waals surface area contributed by atoms with Crippen LogP contribution in [0, 0.1) is 0 Å². The van der Waals surface area contributed by atoms with Gasteiger partial charge in [-0.25, -0.2) is 4.79 Å². The Balaban J connectivity index is 4.04. The Labute approximate surface area is 150 Å². The van der Waals surface area contributed by atoms with E-state index >= 15 is 0 Å². The molecule has 25 heavy (non-hydrogen) atoms. The molecule has 0 bridgehead atoms. The normalized spacial score (nSPS) is 15.7. The van der Waals surface area contributed by atoms with Crippen LogP contribution in [0.1, 0.15) is 45.4 Å². The highest BCUT2D eigenvalue weighted by Gasteiger charge is 2.14. The fourth-order valence-electron chi connectivity index (χ4n) is 1.99. The van der Waals surface area contributed by atoms with Gasteiger partial charge in [-0.1, -0.05) is 62.6 Å². The highest BCUT2D eigenvalue weighted by Crippen LogP contribution is 2.11. The molecule has 0 radical (unpaired) electrons. The average Bonchev–Trinajstić information content (AvgIpc) is 2.57. The maximum absolute atomic E-state index is 10.2. The van der Waals surface area contributed by atoms with Gasteiger partial charge < -0.3 is 20.4 Å². The Hall–Kier alpha value is -2.11. The molecule has 0 aliphatic rings. The topological polar surface area (TPSA) is 98.0 Å². The van der Waals surface area contributed by atoms with Crippen LogP contribution in [0.15, 0.2) is 60.4 Å². The number of rotatable bonds is 13. The first-order chi connectivity index (χ1) is 12.0. The molecule has 140 valence electrons. The SMILES string of the molecule is CCCCCC(O)C(O)CC/C=C/C=C(O)/C=C/C=C/C=C/C(=O)O. The molecule has 2 atom stereocenters. The average molecular weight is 350 g/mol. The summed E-state index contributed by atoms with van der Waals surface area (Å²) in [4.78, 5) is 10.2. The summed E-state index contributed by atoms with van der Waals surface area (Å²) in [6.07, 6.45) is 17.0. The zero-order chi connectivity index (χ0) is 18.9. The minimum absolute atomic E-state index is 0.0586. The molecular formula is C20H30O5. The number of aliphatic carboxylic acids is 1. The second kappa shape index (κ2) is 15.4. The minimum atomic E-state index is -1.01. The first kappa shape index (κ1) is 22.9. The van der Waals surface area contributed by atoms with Crippen molar-refractivity contribution >= 4 is 5.97 Å².